The second-order valence-electron chi connectivity index (χ2n) is 7.69. The molecule has 0 aliphatic carbocycles. The van der Waals surface area contributed by atoms with Crippen LogP contribution in [0.3, 0.4) is 0 Å². The van der Waals surface area contributed by atoms with Crippen molar-refractivity contribution in [3.8, 4) is 0 Å². The molecule has 0 bridgehead atoms. The van der Waals surface area contributed by atoms with Crippen LogP contribution < -0.4 is 15.9 Å². The first-order valence-electron chi connectivity index (χ1n) is 11.2. The van der Waals surface area contributed by atoms with Crippen LogP contribution in [0.4, 0.5) is 0 Å². The molecule has 0 aromatic heterocycles. The van der Waals surface area contributed by atoms with E-state index in [1.807, 2.05) is 0 Å². The zero-order chi connectivity index (χ0) is 23.8. The van der Waals surface area contributed by atoms with Crippen molar-refractivity contribution >= 4 is 51.6 Å². The van der Waals surface area contributed by atoms with Gasteiger partial charge in [0.1, 0.15) is 0 Å². The Kier molecular flexibility index (Phi) is 8.41. The van der Waals surface area contributed by atoms with Gasteiger partial charge in [0, 0.05) is 11.9 Å². The molecule has 0 atom stereocenters. The van der Waals surface area contributed by atoms with Gasteiger partial charge in [0.25, 0.3) is 11.8 Å². The van der Waals surface area contributed by atoms with E-state index in [0.717, 1.165) is 11.8 Å². The van der Waals surface area contributed by atoms with Gasteiger partial charge in [0.05, 0.1) is 11.1 Å². The highest BCUT2D eigenvalue weighted by Gasteiger charge is 2.34. The van der Waals surface area contributed by atoms with Gasteiger partial charge >= 0.3 is 0 Å². The molecule has 3 nitrogen and oxygen atoms in total. The van der Waals surface area contributed by atoms with Gasteiger partial charge in [-0.1, -0.05) is 119 Å². The Hall–Kier alpha value is -3.07. The summed E-state index contributed by atoms with van der Waals surface area (Å²) >= 11 is 3.28. The number of imide groups is 1. The third-order valence-electron chi connectivity index (χ3n) is 5.44. The quantitative estimate of drug-likeness (QED) is 0.187. The highest BCUT2D eigenvalue weighted by molar-refractivity contribution is 9.09. The van der Waals surface area contributed by atoms with Gasteiger partial charge in [0.2, 0.25) is 0 Å². The van der Waals surface area contributed by atoms with E-state index < -0.39 is 7.92 Å². The Morgan fingerprint density at radius 2 is 0.912 bits per heavy atom. The summed E-state index contributed by atoms with van der Waals surface area (Å²) in [5.74, 6) is -0.340. The summed E-state index contributed by atoms with van der Waals surface area (Å²) in [5, 5.41) is 4.99. The summed E-state index contributed by atoms with van der Waals surface area (Å²) in [6, 6.07) is 39.3. The number of halogens is 1. The third kappa shape index (κ3) is 5.52. The first kappa shape index (κ1) is 24.1. The topological polar surface area (TPSA) is 37.4 Å². The lowest BCUT2D eigenvalue weighted by molar-refractivity contribution is 0.0655. The van der Waals surface area contributed by atoms with Gasteiger partial charge in [-0.3, -0.25) is 14.5 Å². The van der Waals surface area contributed by atoms with Crippen LogP contribution in [-0.2, 0) is 0 Å². The smallest absolute Gasteiger partial charge is 0.261 e. The van der Waals surface area contributed by atoms with Crippen LogP contribution in [0.2, 0.25) is 0 Å². The minimum absolute atomic E-state index is 0.170. The minimum atomic E-state index is -0.446. The van der Waals surface area contributed by atoms with Crippen LogP contribution in [-0.4, -0.2) is 28.6 Å². The van der Waals surface area contributed by atoms with Gasteiger partial charge in [0.15, 0.2) is 0 Å². The number of hydrogen-bond acceptors (Lipinski definition) is 2. The molecule has 5 rings (SSSR count). The number of benzene rings is 4. The monoisotopic (exact) mass is 529 g/mol. The average Bonchev–Trinajstić information content (AvgIpc) is 3.15. The van der Waals surface area contributed by atoms with Crippen LogP contribution in [0.25, 0.3) is 0 Å². The number of alkyl halides is 1. The lowest BCUT2D eigenvalue weighted by Gasteiger charge is -2.18. The number of carbonyl (C=O) groups excluding carboxylic acids is 2. The van der Waals surface area contributed by atoms with Crippen molar-refractivity contribution in [1.82, 2.24) is 4.90 Å². The summed E-state index contributed by atoms with van der Waals surface area (Å²) in [5.41, 5.74) is 1.05. The van der Waals surface area contributed by atoms with Crippen molar-refractivity contribution < 1.29 is 9.59 Å². The van der Waals surface area contributed by atoms with Crippen molar-refractivity contribution in [3.05, 3.63) is 126 Å². The predicted octanol–water partition coefficient (Wildman–Crippen LogP) is 5.51. The molecule has 4 aromatic rings. The van der Waals surface area contributed by atoms with Gasteiger partial charge in [-0.25, -0.2) is 0 Å². The first-order chi connectivity index (χ1) is 16.7. The van der Waals surface area contributed by atoms with Crippen LogP contribution in [0.5, 0.6) is 0 Å². The average molecular weight is 530 g/mol. The molecule has 0 saturated carbocycles. The zero-order valence-electron chi connectivity index (χ0n) is 18.7. The summed E-state index contributed by atoms with van der Waals surface area (Å²) < 4.78 is 0. The highest BCUT2D eigenvalue weighted by Crippen LogP contribution is 2.32. The summed E-state index contributed by atoms with van der Waals surface area (Å²) in [6.07, 6.45) is 0.783. The number of hydrogen-bond donors (Lipinski definition) is 0. The number of carbonyl (C=O) groups is 2. The fraction of sp³-hybridized carbons (Fsp3) is 0.103. The first-order valence-corrected chi connectivity index (χ1v) is 13.6. The standard InChI is InChI=1S/C18H15P.C11H10BrNO2/c1-4-10-16(11-5-1)19(17-12-6-2-7-13-17)18-14-8-3-9-15-18;12-6-3-7-13-10(14)8-4-1-2-5-9(8)11(13)15/h1-15H;1-2,4-5H,3,6-7H2. The second kappa shape index (κ2) is 11.9. The Balaban J connectivity index is 0.000000166. The SMILES string of the molecule is O=C1c2ccccc2C(=O)N1CCCBr.c1ccc(P(c2ccccc2)c2ccccc2)cc1. The van der Waals surface area contributed by atoms with Crippen LogP contribution in [0, 0.1) is 0 Å². The largest absolute Gasteiger partial charge is 0.274 e. The molecule has 34 heavy (non-hydrogen) atoms. The molecular formula is C29H25BrNO2P. The van der Waals surface area contributed by atoms with E-state index in [1.165, 1.54) is 20.8 Å². The number of amides is 2. The molecule has 1 aliphatic heterocycles. The molecule has 170 valence electrons. The van der Waals surface area contributed by atoms with E-state index in [2.05, 4.69) is 107 Å². The summed E-state index contributed by atoms with van der Waals surface area (Å²) in [7, 11) is -0.446. The molecule has 2 amide bonds. The molecule has 0 saturated heterocycles. The Bertz CT molecular complexity index is 1100. The molecule has 1 aliphatic rings. The van der Waals surface area contributed by atoms with Gasteiger partial charge in [-0.05, 0) is 42.4 Å². The van der Waals surface area contributed by atoms with Crippen LogP contribution in [0.1, 0.15) is 27.1 Å². The van der Waals surface area contributed by atoms with Gasteiger partial charge < -0.3 is 0 Å². The minimum Gasteiger partial charge on any atom is -0.274 e. The highest BCUT2D eigenvalue weighted by atomic mass is 79.9. The van der Waals surface area contributed by atoms with E-state index in [1.54, 1.807) is 24.3 Å². The van der Waals surface area contributed by atoms with Gasteiger partial charge in [-0.15, -0.1) is 0 Å². The fourth-order valence-corrected chi connectivity index (χ4v) is 6.39. The Morgan fingerprint density at radius 3 is 1.26 bits per heavy atom. The molecular weight excluding hydrogens is 505 g/mol. The van der Waals surface area contributed by atoms with Crippen molar-refractivity contribution in [1.29, 1.82) is 0 Å². The van der Waals surface area contributed by atoms with E-state index in [9.17, 15) is 9.59 Å². The van der Waals surface area contributed by atoms with E-state index in [0.29, 0.717) is 17.7 Å². The molecule has 0 unspecified atom stereocenters. The molecule has 1 heterocycles. The number of rotatable bonds is 6. The van der Waals surface area contributed by atoms with Crippen molar-refractivity contribution in [3.63, 3.8) is 0 Å². The van der Waals surface area contributed by atoms with E-state index in [4.69, 9.17) is 0 Å². The van der Waals surface area contributed by atoms with Gasteiger partial charge in [-0.2, -0.15) is 0 Å². The lowest BCUT2D eigenvalue weighted by atomic mass is 10.1. The molecule has 0 radical (unpaired) electrons. The van der Waals surface area contributed by atoms with Crippen LogP contribution in [0.15, 0.2) is 115 Å². The second-order valence-corrected chi connectivity index (χ2v) is 10.7. The molecule has 0 N–H and O–H groups in total. The molecule has 5 heteroatoms. The van der Waals surface area contributed by atoms with Crippen molar-refractivity contribution in [2.24, 2.45) is 0 Å². The van der Waals surface area contributed by atoms with E-state index in [-0.39, 0.29) is 11.8 Å². The number of nitrogens with zero attached hydrogens (tertiary/aromatic N) is 1. The summed E-state index contributed by atoms with van der Waals surface area (Å²) in [6.45, 7) is 0.484. The third-order valence-corrected chi connectivity index (χ3v) is 8.44. The maximum absolute atomic E-state index is 11.8. The van der Waals surface area contributed by atoms with Crippen molar-refractivity contribution in [2.45, 2.75) is 6.42 Å². The predicted molar refractivity (Wildman–Crippen MR) is 145 cm³/mol. The normalized spacial score (nSPS) is 12.4. The fourth-order valence-electron chi connectivity index (χ4n) is 3.84. The maximum atomic E-state index is 11.8. The molecule has 4 aromatic carbocycles. The zero-order valence-corrected chi connectivity index (χ0v) is 21.2. The van der Waals surface area contributed by atoms with Crippen LogP contribution >= 0.6 is 23.9 Å². The number of fused-ring (bicyclic) bond motifs is 1. The summed E-state index contributed by atoms with van der Waals surface area (Å²) in [4.78, 5) is 24.9. The lowest BCUT2D eigenvalue weighted by Crippen LogP contribution is -2.30. The molecule has 0 spiro atoms. The maximum Gasteiger partial charge on any atom is 0.261 e. The Morgan fingerprint density at radius 1 is 0.559 bits per heavy atom. The van der Waals surface area contributed by atoms with Crippen molar-refractivity contribution in [2.75, 3.05) is 11.9 Å². The molecule has 0 fully saturated rings. The Labute approximate surface area is 210 Å². The van der Waals surface area contributed by atoms with E-state index >= 15 is 0 Å².